The molecule has 13 aromatic carbocycles. The average Bonchev–Trinajstić information content (AvgIpc) is 4.34. The van der Waals surface area contributed by atoms with Gasteiger partial charge in [-0.25, -0.2) is 0 Å². The highest BCUT2D eigenvalue weighted by atomic mass is 14.5. The lowest BCUT2D eigenvalue weighted by molar-refractivity contribution is 0.601. The zero-order valence-corrected chi connectivity index (χ0v) is 41.4. The minimum atomic E-state index is -0.380. The van der Waals surface area contributed by atoms with E-state index in [0.717, 1.165) is 6.42 Å². The Bertz CT molecular complexity index is 4750. The molecule has 0 amide bonds. The molecule has 5 aliphatic rings. The molecule has 346 valence electrons. The Labute approximate surface area is 435 Å². The van der Waals surface area contributed by atoms with Gasteiger partial charge in [-0.1, -0.05) is 244 Å². The monoisotopic (exact) mass is 946 g/mol. The van der Waals surface area contributed by atoms with Crippen molar-refractivity contribution in [1.82, 2.24) is 0 Å². The minimum absolute atomic E-state index is 0.157. The summed E-state index contributed by atoms with van der Waals surface area (Å²) in [6, 6.07) is 88.6. The van der Waals surface area contributed by atoms with Crippen molar-refractivity contribution in [3.05, 3.63) is 304 Å². The quantitative estimate of drug-likeness (QED) is 0.155. The van der Waals surface area contributed by atoms with Crippen LogP contribution >= 0.6 is 0 Å². The molecule has 0 fully saturated rings. The third kappa shape index (κ3) is 4.73. The third-order valence-electron chi connectivity index (χ3n) is 19.0. The van der Waals surface area contributed by atoms with Gasteiger partial charge in [0.2, 0.25) is 0 Å². The first kappa shape index (κ1) is 40.4. The smallest absolute Gasteiger partial charge is 0.0725 e. The van der Waals surface area contributed by atoms with Crippen molar-refractivity contribution >= 4 is 70.2 Å². The molecule has 0 radical (unpaired) electrons. The molecule has 75 heavy (non-hydrogen) atoms. The van der Waals surface area contributed by atoms with Crippen LogP contribution in [0, 0.1) is 0 Å². The second kappa shape index (κ2) is 13.9. The van der Waals surface area contributed by atoms with Crippen LogP contribution in [-0.2, 0) is 16.2 Å². The molecule has 18 rings (SSSR count). The van der Waals surface area contributed by atoms with E-state index in [1.54, 1.807) is 0 Å². The predicted molar refractivity (Wildman–Crippen MR) is 314 cm³/mol. The summed E-state index contributed by atoms with van der Waals surface area (Å²) in [5.41, 5.74) is 22.1. The van der Waals surface area contributed by atoms with Crippen molar-refractivity contribution in [2.75, 3.05) is 0 Å². The van der Waals surface area contributed by atoms with Crippen molar-refractivity contribution in [2.45, 2.75) is 29.6 Å². The Morgan fingerprint density at radius 3 is 1.24 bits per heavy atom. The molecule has 1 atom stereocenters. The molecule has 0 aliphatic heterocycles. The molecule has 0 N–H and O–H groups in total. The van der Waals surface area contributed by atoms with Gasteiger partial charge >= 0.3 is 0 Å². The van der Waals surface area contributed by atoms with Gasteiger partial charge in [0, 0.05) is 5.41 Å². The fourth-order valence-corrected chi connectivity index (χ4v) is 15.9. The number of allylic oxidation sites excluding steroid dienone is 4. The molecule has 0 bridgehead atoms. The molecule has 2 spiro atoms. The molecule has 5 aliphatic carbocycles. The SMILES string of the molecule is CC1(c2cccc(-c3ccc4c(c3)c3cccc5c3c3c(cccc43)C53c4ccccc4-c4ccccc43)c2)C=CC(c2ccc3c(c2)-c2ccccc2C32c3cccc4c5ccccc5c5cccc2c5c34)=CC1. The molecule has 0 saturated carbocycles. The van der Waals surface area contributed by atoms with Crippen LogP contribution in [0.25, 0.3) is 104 Å². The number of hydrogen-bond donors (Lipinski definition) is 0. The van der Waals surface area contributed by atoms with Crippen molar-refractivity contribution in [3.63, 3.8) is 0 Å². The maximum Gasteiger partial charge on any atom is 0.0725 e. The van der Waals surface area contributed by atoms with Crippen LogP contribution in [0.5, 0.6) is 0 Å². The molecule has 0 nitrogen and oxygen atoms in total. The van der Waals surface area contributed by atoms with E-state index in [0.29, 0.717) is 0 Å². The highest BCUT2D eigenvalue weighted by Crippen LogP contribution is 2.65. The van der Waals surface area contributed by atoms with E-state index in [1.165, 1.54) is 159 Å². The first-order valence-corrected chi connectivity index (χ1v) is 26.8. The van der Waals surface area contributed by atoms with Crippen LogP contribution in [0.15, 0.2) is 249 Å². The van der Waals surface area contributed by atoms with Crippen LogP contribution in [0.4, 0.5) is 0 Å². The lowest BCUT2D eigenvalue weighted by atomic mass is 9.70. The molecule has 1 unspecified atom stereocenters. The lowest BCUT2D eigenvalue weighted by Gasteiger charge is -2.31. The Morgan fingerprint density at radius 2 is 0.707 bits per heavy atom. The Balaban J connectivity index is 0.719. The summed E-state index contributed by atoms with van der Waals surface area (Å²) >= 11 is 0. The molecule has 0 saturated heterocycles. The second-order valence-electron chi connectivity index (χ2n) is 22.3. The minimum Gasteiger partial charge on any atom is -0.0755 e. The van der Waals surface area contributed by atoms with Gasteiger partial charge in [0.25, 0.3) is 0 Å². The maximum atomic E-state index is 2.49. The van der Waals surface area contributed by atoms with Gasteiger partial charge in [-0.05, 0) is 178 Å². The predicted octanol–water partition coefficient (Wildman–Crippen LogP) is 18.9. The van der Waals surface area contributed by atoms with Crippen molar-refractivity contribution in [1.29, 1.82) is 0 Å². The topological polar surface area (TPSA) is 0 Å². The molecular formula is C75H46. The zero-order chi connectivity index (χ0) is 48.9. The summed E-state index contributed by atoms with van der Waals surface area (Å²) in [7, 11) is 0. The van der Waals surface area contributed by atoms with Crippen LogP contribution in [0.2, 0.25) is 0 Å². The summed E-state index contributed by atoms with van der Waals surface area (Å²) in [5, 5.41) is 16.3. The number of hydrogen-bond acceptors (Lipinski definition) is 0. The van der Waals surface area contributed by atoms with Gasteiger partial charge in [0.05, 0.1) is 10.8 Å². The Hall–Kier alpha value is -9.10. The second-order valence-corrected chi connectivity index (χ2v) is 22.3. The van der Waals surface area contributed by atoms with E-state index in [-0.39, 0.29) is 16.2 Å². The van der Waals surface area contributed by atoms with Crippen molar-refractivity contribution < 1.29 is 0 Å². The molecule has 13 aromatic rings. The largest absolute Gasteiger partial charge is 0.0755 e. The summed E-state index contributed by atoms with van der Waals surface area (Å²) in [6.07, 6.45) is 8.26. The highest BCUT2D eigenvalue weighted by Gasteiger charge is 2.52. The van der Waals surface area contributed by atoms with Crippen LogP contribution in [-0.4, -0.2) is 0 Å². The molecule has 0 heterocycles. The first-order valence-electron chi connectivity index (χ1n) is 26.8. The molecule has 0 heteroatoms. The van der Waals surface area contributed by atoms with Gasteiger partial charge in [-0.15, -0.1) is 0 Å². The number of benzene rings is 13. The molecular weight excluding hydrogens is 901 g/mol. The normalized spacial score (nSPS) is 17.4. The van der Waals surface area contributed by atoms with E-state index in [1.807, 2.05) is 0 Å². The van der Waals surface area contributed by atoms with E-state index >= 15 is 0 Å². The summed E-state index contributed by atoms with van der Waals surface area (Å²) in [5.74, 6) is 0. The van der Waals surface area contributed by atoms with E-state index in [9.17, 15) is 0 Å². The highest BCUT2D eigenvalue weighted by molar-refractivity contribution is 6.31. The Kier molecular flexibility index (Phi) is 7.50. The van der Waals surface area contributed by atoms with Gasteiger partial charge in [-0.3, -0.25) is 0 Å². The summed E-state index contributed by atoms with van der Waals surface area (Å²) in [6.45, 7) is 2.41. The number of rotatable bonds is 3. The van der Waals surface area contributed by atoms with Crippen molar-refractivity contribution in [2.24, 2.45) is 0 Å². The maximum absolute atomic E-state index is 2.49. The summed E-state index contributed by atoms with van der Waals surface area (Å²) < 4.78 is 0. The first-order chi connectivity index (χ1) is 37.1. The molecule has 0 aromatic heterocycles. The fourth-order valence-electron chi connectivity index (χ4n) is 15.9. The fraction of sp³-hybridized carbons (Fsp3) is 0.0667. The van der Waals surface area contributed by atoms with E-state index in [2.05, 4.69) is 256 Å². The standard InChI is InChI=1S/C75H46/c1-73(39-37-44(38-40-73)46-34-36-64-60(43-46)54-21-6-9-28-63(54)75(64)66-30-11-22-55-49-17-2-3-18-50(49)56-23-12-31-67(75)70(56)69(55)66)48-16-10-15-45(41-48)47-33-35-51-57-24-13-29-65-71(57)72-58(59(51)42-47)25-14-32-68(72)74(65)61-26-7-4-19-52(61)53-20-5-8-27-62(53)74/h2-39,41-43H,40H2,1H3. The van der Waals surface area contributed by atoms with Gasteiger partial charge in [-0.2, -0.15) is 0 Å². The van der Waals surface area contributed by atoms with E-state index in [4.69, 9.17) is 0 Å². The summed E-state index contributed by atoms with van der Waals surface area (Å²) in [4.78, 5) is 0. The average molecular weight is 947 g/mol. The number of fused-ring (bicyclic) bond motifs is 20. The van der Waals surface area contributed by atoms with Crippen LogP contribution in [0.1, 0.15) is 69.0 Å². The van der Waals surface area contributed by atoms with Crippen LogP contribution < -0.4 is 0 Å². The Morgan fingerprint density at radius 1 is 0.293 bits per heavy atom. The van der Waals surface area contributed by atoms with Crippen molar-refractivity contribution in [3.8, 4) is 33.4 Å². The third-order valence-corrected chi connectivity index (χ3v) is 19.0. The zero-order valence-electron chi connectivity index (χ0n) is 41.4. The van der Waals surface area contributed by atoms with Gasteiger partial charge in [0.15, 0.2) is 0 Å². The lowest BCUT2D eigenvalue weighted by Crippen LogP contribution is -2.26. The van der Waals surface area contributed by atoms with E-state index < -0.39 is 0 Å². The van der Waals surface area contributed by atoms with Gasteiger partial charge in [0.1, 0.15) is 0 Å². The van der Waals surface area contributed by atoms with Crippen LogP contribution in [0.3, 0.4) is 0 Å². The van der Waals surface area contributed by atoms with Gasteiger partial charge < -0.3 is 0 Å².